The van der Waals surface area contributed by atoms with Crippen molar-refractivity contribution in [3.8, 4) is 5.75 Å². The second-order valence-corrected chi connectivity index (χ2v) is 4.23. The van der Waals surface area contributed by atoms with Gasteiger partial charge in [-0.3, -0.25) is 4.98 Å². The Balaban J connectivity index is 2.89. The Morgan fingerprint density at radius 3 is 2.64 bits per heavy atom. The quantitative estimate of drug-likeness (QED) is 0.780. The topological polar surface area (TPSA) is 33.1 Å². The average molecular weight is 252 g/mol. The molecule has 2 nitrogen and oxygen atoms in total. The summed E-state index contributed by atoms with van der Waals surface area (Å²) in [5, 5.41) is 11.6. The highest BCUT2D eigenvalue weighted by Crippen LogP contribution is 2.30. The van der Waals surface area contributed by atoms with E-state index in [1.807, 2.05) is 26.0 Å². The van der Waals surface area contributed by atoms with E-state index in [0.717, 1.165) is 22.2 Å². The van der Waals surface area contributed by atoms with Crippen LogP contribution in [-0.4, -0.2) is 10.1 Å². The molecule has 72 valence electrons. The Kier molecular flexibility index (Phi) is 2.19. The van der Waals surface area contributed by atoms with E-state index in [2.05, 4.69) is 20.9 Å². The van der Waals surface area contributed by atoms with Crippen molar-refractivity contribution in [1.29, 1.82) is 0 Å². The van der Waals surface area contributed by atoms with Gasteiger partial charge in [0, 0.05) is 16.8 Å². The SMILES string of the molecule is Cc1cc2cc(O)c(Br)cc2c(C)n1. The van der Waals surface area contributed by atoms with Crippen molar-refractivity contribution >= 4 is 26.7 Å². The first-order valence-corrected chi connectivity index (χ1v) is 5.13. The van der Waals surface area contributed by atoms with E-state index in [1.165, 1.54) is 0 Å². The van der Waals surface area contributed by atoms with Crippen LogP contribution in [0.25, 0.3) is 10.8 Å². The summed E-state index contributed by atoms with van der Waals surface area (Å²) < 4.78 is 0.707. The molecule has 0 saturated heterocycles. The van der Waals surface area contributed by atoms with Gasteiger partial charge < -0.3 is 5.11 Å². The molecule has 0 radical (unpaired) electrons. The van der Waals surface area contributed by atoms with Gasteiger partial charge in [0.25, 0.3) is 0 Å². The van der Waals surface area contributed by atoms with Gasteiger partial charge in [-0.1, -0.05) is 0 Å². The number of phenolic OH excluding ortho intramolecular Hbond substituents is 1. The molecule has 0 amide bonds. The van der Waals surface area contributed by atoms with Crippen LogP contribution in [-0.2, 0) is 0 Å². The predicted molar refractivity (Wildman–Crippen MR) is 60.6 cm³/mol. The summed E-state index contributed by atoms with van der Waals surface area (Å²) in [5.41, 5.74) is 1.96. The van der Waals surface area contributed by atoms with E-state index in [-0.39, 0.29) is 5.75 Å². The van der Waals surface area contributed by atoms with Gasteiger partial charge in [0.2, 0.25) is 0 Å². The van der Waals surface area contributed by atoms with E-state index in [9.17, 15) is 5.11 Å². The van der Waals surface area contributed by atoms with E-state index >= 15 is 0 Å². The molecule has 1 aromatic heterocycles. The molecule has 1 N–H and O–H groups in total. The lowest BCUT2D eigenvalue weighted by atomic mass is 10.1. The molecule has 0 bridgehead atoms. The Bertz CT molecular complexity index is 508. The molecule has 0 aliphatic carbocycles. The van der Waals surface area contributed by atoms with Crippen LogP contribution >= 0.6 is 15.9 Å². The summed E-state index contributed by atoms with van der Waals surface area (Å²) in [5.74, 6) is 0.266. The maximum absolute atomic E-state index is 9.53. The van der Waals surface area contributed by atoms with Crippen molar-refractivity contribution in [2.45, 2.75) is 13.8 Å². The molecule has 0 unspecified atom stereocenters. The Morgan fingerprint density at radius 1 is 1.21 bits per heavy atom. The number of aryl methyl sites for hydroxylation is 2. The van der Waals surface area contributed by atoms with Crippen molar-refractivity contribution in [2.24, 2.45) is 0 Å². The minimum atomic E-state index is 0.266. The van der Waals surface area contributed by atoms with Gasteiger partial charge in [0.1, 0.15) is 5.75 Å². The summed E-state index contributed by atoms with van der Waals surface area (Å²) in [6.45, 7) is 3.92. The number of hydrogen-bond acceptors (Lipinski definition) is 2. The van der Waals surface area contributed by atoms with Gasteiger partial charge in [0.05, 0.1) is 4.47 Å². The summed E-state index contributed by atoms with van der Waals surface area (Å²) in [6.07, 6.45) is 0. The highest BCUT2D eigenvalue weighted by Gasteiger charge is 2.04. The summed E-state index contributed by atoms with van der Waals surface area (Å²) >= 11 is 3.29. The Morgan fingerprint density at radius 2 is 1.93 bits per heavy atom. The third kappa shape index (κ3) is 1.48. The first-order valence-electron chi connectivity index (χ1n) is 4.34. The standard InChI is InChI=1S/C11H10BrNO/c1-6-3-8-4-11(14)10(12)5-9(8)7(2)13-6/h3-5,14H,1-2H3. The second kappa shape index (κ2) is 3.24. The molecule has 14 heavy (non-hydrogen) atoms. The van der Waals surface area contributed by atoms with Gasteiger partial charge in [-0.25, -0.2) is 0 Å². The highest BCUT2D eigenvalue weighted by molar-refractivity contribution is 9.10. The van der Waals surface area contributed by atoms with Gasteiger partial charge in [-0.2, -0.15) is 0 Å². The lowest BCUT2D eigenvalue weighted by molar-refractivity contribution is 0.473. The van der Waals surface area contributed by atoms with Crippen LogP contribution in [0.5, 0.6) is 5.75 Å². The van der Waals surface area contributed by atoms with E-state index in [1.54, 1.807) is 6.07 Å². The van der Waals surface area contributed by atoms with Crippen LogP contribution in [0.4, 0.5) is 0 Å². The normalized spacial score (nSPS) is 10.8. The van der Waals surface area contributed by atoms with Gasteiger partial charge >= 0.3 is 0 Å². The summed E-state index contributed by atoms with van der Waals surface area (Å²) in [4.78, 5) is 4.37. The van der Waals surface area contributed by atoms with Crippen molar-refractivity contribution in [2.75, 3.05) is 0 Å². The molecule has 0 aliphatic heterocycles. The summed E-state index contributed by atoms with van der Waals surface area (Å²) in [6, 6.07) is 5.61. The Labute approximate surface area is 90.7 Å². The molecule has 0 saturated carbocycles. The molecule has 1 aromatic carbocycles. The smallest absolute Gasteiger partial charge is 0.130 e. The fourth-order valence-electron chi connectivity index (χ4n) is 1.59. The zero-order chi connectivity index (χ0) is 10.3. The van der Waals surface area contributed by atoms with Crippen LogP contribution in [0, 0.1) is 13.8 Å². The summed E-state index contributed by atoms with van der Waals surface area (Å²) in [7, 11) is 0. The molecule has 0 fully saturated rings. The molecule has 2 rings (SSSR count). The van der Waals surface area contributed by atoms with E-state index in [0.29, 0.717) is 4.47 Å². The number of nitrogens with zero attached hydrogens (tertiary/aromatic N) is 1. The molecule has 2 aromatic rings. The molecule has 0 aliphatic rings. The van der Waals surface area contributed by atoms with Gasteiger partial charge in [-0.15, -0.1) is 0 Å². The zero-order valence-electron chi connectivity index (χ0n) is 8.00. The maximum Gasteiger partial charge on any atom is 0.130 e. The van der Waals surface area contributed by atoms with E-state index in [4.69, 9.17) is 0 Å². The molecule has 3 heteroatoms. The number of halogens is 1. The Hall–Kier alpha value is -1.09. The predicted octanol–water partition coefficient (Wildman–Crippen LogP) is 3.32. The number of phenols is 1. The molecular formula is C11H10BrNO. The fourth-order valence-corrected chi connectivity index (χ4v) is 1.94. The molecule has 0 atom stereocenters. The van der Waals surface area contributed by atoms with Crippen LogP contribution < -0.4 is 0 Å². The fraction of sp³-hybridized carbons (Fsp3) is 0.182. The van der Waals surface area contributed by atoms with Crippen molar-refractivity contribution < 1.29 is 5.11 Å². The third-order valence-electron chi connectivity index (χ3n) is 2.22. The highest BCUT2D eigenvalue weighted by atomic mass is 79.9. The average Bonchev–Trinajstić information content (AvgIpc) is 2.08. The van der Waals surface area contributed by atoms with E-state index < -0.39 is 0 Å². The third-order valence-corrected chi connectivity index (χ3v) is 2.85. The van der Waals surface area contributed by atoms with Crippen LogP contribution in [0.2, 0.25) is 0 Å². The number of fused-ring (bicyclic) bond motifs is 1. The van der Waals surface area contributed by atoms with Crippen molar-refractivity contribution in [1.82, 2.24) is 4.98 Å². The number of aromatic nitrogens is 1. The van der Waals surface area contributed by atoms with Crippen LogP contribution in [0.15, 0.2) is 22.7 Å². The lowest BCUT2D eigenvalue weighted by Crippen LogP contribution is -1.88. The minimum absolute atomic E-state index is 0.266. The maximum atomic E-state index is 9.53. The minimum Gasteiger partial charge on any atom is -0.507 e. The number of rotatable bonds is 0. The van der Waals surface area contributed by atoms with Gasteiger partial charge in [-0.05, 0) is 53.4 Å². The number of benzene rings is 1. The second-order valence-electron chi connectivity index (χ2n) is 3.37. The largest absolute Gasteiger partial charge is 0.507 e. The van der Waals surface area contributed by atoms with Crippen molar-refractivity contribution in [3.05, 3.63) is 34.1 Å². The zero-order valence-corrected chi connectivity index (χ0v) is 9.59. The number of aromatic hydroxyl groups is 1. The first kappa shape index (κ1) is 9.46. The van der Waals surface area contributed by atoms with Crippen LogP contribution in [0.3, 0.4) is 0 Å². The number of pyridine rings is 1. The molecule has 1 heterocycles. The lowest BCUT2D eigenvalue weighted by Gasteiger charge is -2.05. The molecular weight excluding hydrogens is 242 g/mol. The van der Waals surface area contributed by atoms with Crippen molar-refractivity contribution in [3.63, 3.8) is 0 Å². The van der Waals surface area contributed by atoms with Gasteiger partial charge in [0.15, 0.2) is 0 Å². The first-order chi connectivity index (χ1) is 6.58. The number of hydrogen-bond donors (Lipinski definition) is 1. The van der Waals surface area contributed by atoms with Crippen LogP contribution in [0.1, 0.15) is 11.4 Å². The monoisotopic (exact) mass is 251 g/mol. The molecule has 0 spiro atoms.